The van der Waals surface area contributed by atoms with Crippen LogP contribution in [0.15, 0.2) is 48.5 Å². The van der Waals surface area contributed by atoms with Crippen molar-refractivity contribution in [2.24, 2.45) is 0 Å². The Kier molecular flexibility index (Phi) is 7.96. The Labute approximate surface area is 152 Å². The highest BCUT2D eigenvalue weighted by Gasteiger charge is 2.09. The van der Waals surface area contributed by atoms with E-state index >= 15 is 0 Å². The molecule has 3 nitrogen and oxygen atoms in total. The van der Waals surface area contributed by atoms with Gasteiger partial charge in [0.25, 0.3) is 0 Å². The second kappa shape index (κ2) is 10.2. The van der Waals surface area contributed by atoms with E-state index in [1.54, 1.807) is 0 Å². The molecular weight excluding hydrogens is 310 g/mol. The number of benzene rings is 2. The Hall–Kier alpha value is -1.84. The van der Waals surface area contributed by atoms with Gasteiger partial charge in [0.15, 0.2) is 0 Å². The zero-order chi connectivity index (χ0) is 18.1. The van der Waals surface area contributed by atoms with Gasteiger partial charge in [-0.15, -0.1) is 0 Å². The molecule has 1 atom stereocenters. The van der Waals surface area contributed by atoms with Gasteiger partial charge in [-0.25, -0.2) is 0 Å². The fraction of sp³-hybridized carbons (Fsp3) is 0.455. The van der Waals surface area contributed by atoms with Gasteiger partial charge in [0.2, 0.25) is 0 Å². The third kappa shape index (κ3) is 7.29. The molecule has 0 bridgehead atoms. The number of ether oxygens (including phenoxy) is 1. The summed E-state index contributed by atoms with van der Waals surface area (Å²) in [6.45, 7) is 3.08. The first-order valence-corrected chi connectivity index (χ1v) is 9.13. The summed E-state index contributed by atoms with van der Waals surface area (Å²) in [6, 6.07) is 16.9. The maximum absolute atomic E-state index is 9.97. The lowest BCUT2D eigenvalue weighted by Gasteiger charge is -2.18. The smallest absolute Gasteiger partial charge is 0.122 e. The zero-order valence-corrected chi connectivity index (χ0v) is 15.7. The van der Waals surface area contributed by atoms with Gasteiger partial charge in [0.05, 0.1) is 0 Å². The van der Waals surface area contributed by atoms with Crippen molar-refractivity contribution < 1.29 is 9.84 Å². The molecule has 1 N–H and O–H groups in total. The lowest BCUT2D eigenvalue weighted by atomic mass is 10.0. The van der Waals surface area contributed by atoms with E-state index in [0.29, 0.717) is 13.2 Å². The average Bonchev–Trinajstić information content (AvgIpc) is 2.57. The Morgan fingerprint density at radius 3 is 2.52 bits per heavy atom. The van der Waals surface area contributed by atoms with Crippen molar-refractivity contribution in [3.05, 3.63) is 65.2 Å². The third-order valence-corrected chi connectivity index (χ3v) is 4.22. The van der Waals surface area contributed by atoms with Crippen LogP contribution in [0.1, 0.15) is 29.5 Å². The van der Waals surface area contributed by atoms with E-state index in [0.717, 1.165) is 25.0 Å². The van der Waals surface area contributed by atoms with E-state index in [2.05, 4.69) is 43.3 Å². The van der Waals surface area contributed by atoms with Crippen LogP contribution in [0.4, 0.5) is 0 Å². The van der Waals surface area contributed by atoms with Crippen molar-refractivity contribution >= 4 is 0 Å². The number of hydrogen-bond acceptors (Lipinski definition) is 3. The predicted molar refractivity (Wildman–Crippen MR) is 104 cm³/mol. The number of para-hydroxylation sites is 1. The van der Waals surface area contributed by atoms with Crippen LogP contribution in [0.5, 0.6) is 5.75 Å². The highest BCUT2D eigenvalue weighted by atomic mass is 16.5. The van der Waals surface area contributed by atoms with Gasteiger partial charge < -0.3 is 14.7 Å². The Balaban J connectivity index is 1.79. The standard InChI is InChI=1S/C22H31NO2/c1-18-9-8-11-19(15-18)10-4-5-12-20-13-6-7-14-22(20)25-17-21(24)16-23(2)3/h6-9,11,13-15,21,24H,4-5,10,12,16-17H2,1-3H3. The Morgan fingerprint density at radius 1 is 1.00 bits per heavy atom. The molecule has 0 saturated heterocycles. The lowest BCUT2D eigenvalue weighted by Crippen LogP contribution is -2.30. The van der Waals surface area contributed by atoms with E-state index in [1.807, 2.05) is 31.1 Å². The van der Waals surface area contributed by atoms with Crippen LogP contribution >= 0.6 is 0 Å². The fourth-order valence-corrected chi connectivity index (χ4v) is 3.02. The molecule has 0 aliphatic heterocycles. The molecule has 0 radical (unpaired) electrons. The number of likely N-dealkylation sites (N-methyl/N-ethyl adjacent to an activating group) is 1. The van der Waals surface area contributed by atoms with Gasteiger partial charge in [-0.05, 0) is 63.9 Å². The van der Waals surface area contributed by atoms with Crippen LogP contribution in [0.2, 0.25) is 0 Å². The SMILES string of the molecule is Cc1cccc(CCCCc2ccccc2OCC(O)CN(C)C)c1. The van der Waals surface area contributed by atoms with Gasteiger partial charge in [-0.3, -0.25) is 0 Å². The number of rotatable bonds is 10. The molecule has 0 aliphatic carbocycles. The largest absolute Gasteiger partial charge is 0.491 e. The van der Waals surface area contributed by atoms with Crippen molar-refractivity contribution in [3.63, 3.8) is 0 Å². The summed E-state index contributed by atoms with van der Waals surface area (Å²) in [6.07, 6.45) is 3.96. The maximum atomic E-state index is 9.97. The molecule has 0 spiro atoms. The van der Waals surface area contributed by atoms with Gasteiger partial charge in [-0.1, -0.05) is 48.0 Å². The average molecular weight is 341 g/mol. The van der Waals surface area contributed by atoms with Crippen LogP contribution < -0.4 is 4.74 Å². The molecule has 2 rings (SSSR count). The van der Waals surface area contributed by atoms with E-state index in [9.17, 15) is 5.11 Å². The molecule has 0 aromatic heterocycles. The second-order valence-electron chi connectivity index (χ2n) is 7.03. The van der Waals surface area contributed by atoms with Crippen LogP contribution in [-0.2, 0) is 12.8 Å². The van der Waals surface area contributed by atoms with Crippen LogP contribution in [0.25, 0.3) is 0 Å². The lowest BCUT2D eigenvalue weighted by molar-refractivity contribution is 0.0827. The number of hydrogen-bond donors (Lipinski definition) is 1. The molecular formula is C22H31NO2. The van der Waals surface area contributed by atoms with Crippen molar-refractivity contribution in [3.8, 4) is 5.75 Å². The first kappa shape index (κ1) is 19.5. The molecule has 136 valence electrons. The van der Waals surface area contributed by atoms with Crippen molar-refractivity contribution in [1.29, 1.82) is 0 Å². The van der Waals surface area contributed by atoms with Crippen molar-refractivity contribution in [2.45, 2.75) is 38.7 Å². The Morgan fingerprint density at radius 2 is 1.76 bits per heavy atom. The maximum Gasteiger partial charge on any atom is 0.122 e. The topological polar surface area (TPSA) is 32.7 Å². The zero-order valence-electron chi connectivity index (χ0n) is 15.7. The fourth-order valence-electron chi connectivity index (χ4n) is 3.02. The monoisotopic (exact) mass is 341 g/mol. The van der Waals surface area contributed by atoms with Gasteiger partial charge >= 0.3 is 0 Å². The van der Waals surface area contributed by atoms with E-state index in [1.165, 1.54) is 23.1 Å². The molecule has 0 aliphatic rings. The Bertz CT molecular complexity index is 639. The van der Waals surface area contributed by atoms with Gasteiger partial charge in [0, 0.05) is 6.54 Å². The first-order chi connectivity index (χ1) is 12.0. The summed E-state index contributed by atoms with van der Waals surface area (Å²) < 4.78 is 5.85. The molecule has 0 saturated carbocycles. The summed E-state index contributed by atoms with van der Waals surface area (Å²) in [5.74, 6) is 0.899. The van der Waals surface area contributed by atoms with Gasteiger partial charge in [-0.2, -0.15) is 0 Å². The summed E-state index contributed by atoms with van der Waals surface area (Å²) in [5.41, 5.74) is 3.97. The number of nitrogens with zero attached hydrogens (tertiary/aromatic N) is 1. The van der Waals surface area contributed by atoms with E-state index < -0.39 is 6.10 Å². The molecule has 2 aromatic carbocycles. The number of aliphatic hydroxyl groups excluding tert-OH is 1. The second-order valence-corrected chi connectivity index (χ2v) is 7.03. The van der Waals surface area contributed by atoms with E-state index in [-0.39, 0.29) is 0 Å². The minimum Gasteiger partial charge on any atom is -0.491 e. The van der Waals surface area contributed by atoms with Gasteiger partial charge in [0.1, 0.15) is 18.5 Å². The number of aryl methyl sites for hydroxylation is 3. The molecule has 0 heterocycles. The van der Waals surface area contributed by atoms with Crippen LogP contribution in [0, 0.1) is 6.92 Å². The minimum atomic E-state index is -0.468. The molecule has 0 amide bonds. The first-order valence-electron chi connectivity index (χ1n) is 9.13. The third-order valence-electron chi connectivity index (χ3n) is 4.22. The highest BCUT2D eigenvalue weighted by Crippen LogP contribution is 2.21. The quantitative estimate of drug-likeness (QED) is 0.666. The number of aliphatic hydroxyl groups is 1. The molecule has 0 fully saturated rings. The summed E-state index contributed by atoms with van der Waals surface area (Å²) in [4.78, 5) is 1.96. The van der Waals surface area contributed by atoms with Crippen molar-refractivity contribution in [2.75, 3.05) is 27.2 Å². The molecule has 2 aromatic rings. The molecule has 3 heteroatoms. The van der Waals surface area contributed by atoms with Crippen LogP contribution in [0.3, 0.4) is 0 Å². The van der Waals surface area contributed by atoms with Crippen LogP contribution in [-0.4, -0.2) is 43.4 Å². The van der Waals surface area contributed by atoms with E-state index in [4.69, 9.17) is 4.74 Å². The summed E-state index contributed by atoms with van der Waals surface area (Å²) >= 11 is 0. The highest BCUT2D eigenvalue weighted by molar-refractivity contribution is 5.33. The summed E-state index contributed by atoms with van der Waals surface area (Å²) in [7, 11) is 3.90. The van der Waals surface area contributed by atoms with Crippen molar-refractivity contribution in [1.82, 2.24) is 4.90 Å². The molecule has 25 heavy (non-hydrogen) atoms. The number of unbranched alkanes of at least 4 members (excludes halogenated alkanes) is 1. The normalized spacial score (nSPS) is 12.4. The minimum absolute atomic E-state index is 0.332. The predicted octanol–water partition coefficient (Wildman–Crippen LogP) is 3.86. The molecule has 1 unspecified atom stereocenters. The summed E-state index contributed by atoms with van der Waals surface area (Å²) in [5, 5.41) is 9.97.